The number of benzene rings is 1. The third-order valence-electron chi connectivity index (χ3n) is 4.34. The van der Waals surface area contributed by atoms with Crippen molar-refractivity contribution in [3.05, 3.63) is 48.0 Å². The van der Waals surface area contributed by atoms with Crippen molar-refractivity contribution in [2.24, 2.45) is 0 Å². The first kappa shape index (κ1) is 14.8. The lowest BCUT2D eigenvalue weighted by Crippen LogP contribution is -2.40. The molecule has 116 valence electrons. The molecule has 1 aromatic carbocycles. The van der Waals surface area contributed by atoms with E-state index in [2.05, 4.69) is 14.9 Å². The van der Waals surface area contributed by atoms with Crippen molar-refractivity contribution in [3.8, 4) is 0 Å². The molecule has 5 nitrogen and oxygen atoms in total. The van der Waals surface area contributed by atoms with Crippen LogP contribution in [-0.4, -0.2) is 26.2 Å². The largest absolute Gasteiger partial charge is 0.380 e. The smallest absolute Gasteiger partial charge is 0.256 e. The maximum atomic E-state index is 12.1. The van der Waals surface area contributed by atoms with Crippen LogP contribution in [-0.2, 0) is 11.3 Å². The van der Waals surface area contributed by atoms with E-state index in [4.69, 9.17) is 0 Å². The van der Waals surface area contributed by atoms with E-state index in [0.717, 1.165) is 36.5 Å². The molecule has 1 saturated carbocycles. The summed E-state index contributed by atoms with van der Waals surface area (Å²) in [6, 6.07) is 7.71. The molecule has 0 spiro atoms. The van der Waals surface area contributed by atoms with E-state index in [1.807, 2.05) is 37.4 Å². The number of aromatic nitrogens is 2. The molecule has 5 heteroatoms. The monoisotopic (exact) mass is 299 g/mol. The van der Waals surface area contributed by atoms with Crippen molar-refractivity contribution >= 4 is 11.6 Å². The highest BCUT2D eigenvalue weighted by molar-refractivity contribution is 5.97. The number of imidazole rings is 1. The number of hydrogen-bond donors (Lipinski definition) is 2. The van der Waals surface area contributed by atoms with Gasteiger partial charge in [-0.25, -0.2) is 4.98 Å². The number of anilines is 1. The van der Waals surface area contributed by atoms with Gasteiger partial charge in [0.25, 0.3) is 5.91 Å². The lowest BCUT2D eigenvalue weighted by atomic mass is 10.0. The van der Waals surface area contributed by atoms with Crippen molar-refractivity contribution in [2.45, 2.75) is 44.8 Å². The second-order valence-corrected chi connectivity index (χ2v) is 5.99. The molecule has 1 aliphatic rings. The second-order valence-electron chi connectivity index (χ2n) is 5.99. The zero-order chi connectivity index (χ0) is 15.6. The zero-order valence-corrected chi connectivity index (χ0v) is 12.7. The molecule has 1 aromatic heterocycles. The zero-order valence-electron chi connectivity index (χ0n) is 12.7. The highest BCUT2D eigenvalue weighted by Gasteiger charge is 2.38. The number of carbonyl (C=O) groups is 1. The fourth-order valence-corrected chi connectivity index (χ4v) is 2.90. The second kappa shape index (κ2) is 5.93. The topological polar surface area (TPSA) is 67.2 Å². The van der Waals surface area contributed by atoms with Crippen molar-refractivity contribution in [1.82, 2.24) is 9.55 Å². The number of aliphatic hydroxyl groups is 1. The molecule has 0 radical (unpaired) electrons. The lowest BCUT2D eigenvalue weighted by molar-refractivity contribution is -0.133. The van der Waals surface area contributed by atoms with E-state index < -0.39 is 5.60 Å². The van der Waals surface area contributed by atoms with Gasteiger partial charge in [-0.15, -0.1) is 0 Å². The Morgan fingerprint density at radius 1 is 1.32 bits per heavy atom. The number of nitrogens with zero attached hydrogens (tertiary/aromatic N) is 2. The molecule has 1 fully saturated rings. The van der Waals surface area contributed by atoms with Gasteiger partial charge in [0, 0.05) is 24.6 Å². The summed E-state index contributed by atoms with van der Waals surface area (Å²) in [5, 5.41) is 13.1. The predicted octanol–water partition coefficient (Wildman–Crippen LogP) is 2.48. The Bertz CT molecular complexity index is 655. The van der Waals surface area contributed by atoms with Crippen LogP contribution in [0.3, 0.4) is 0 Å². The van der Waals surface area contributed by atoms with Crippen LogP contribution >= 0.6 is 0 Å². The average Bonchev–Trinajstić information content (AvgIpc) is 3.11. The molecule has 1 heterocycles. The van der Waals surface area contributed by atoms with Crippen LogP contribution in [0.2, 0.25) is 0 Å². The number of rotatable bonds is 4. The molecule has 3 rings (SSSR count). The Balaban J connectivity index is 1.64. The standard InChI is InChI=1S/C17H21N3O2/c1-13-18-10-11-20(13)12-14-4-6-15(7-5-14)19-16(21)17(22)8-2-3-9-17/h4-7,10-11,22H,2-3,8-9,12H2,1H3,(H,19,21). The molecule has 1 aliphatic carbocycles. The van der Waals surface area contributed by atoms with Gasteiger partial charge in [0.1, 0.15) is 11.4 Å². The highest BCUT2D eigenvalue weighted by atomic mass is 16.3. The van der Waals surface area contributed by atoms with Crippen LogP contribution in [0, 0.1) is 6.92 Å². The molecule has 0 unspecified atom stereocenters. The number of aryl methyl sites for hydroxylation is 1. The quantitative estimate of drug-likeness (QED) is 0.911. The molecule has 2 aromatic rings. The summed E-state index contributed by atoms with van der Waals surface area (Å²) in [5.74, 6) is 0.684. The molecule has 0 atom stereocenters. The van der Waals surface area contributed by atoms with Crippen LogP contribution in [0.1, 0.15) is 37.1 Å². The van der Waals surface area contributed by atoms with Crippen molar-refractivity contribution in [3.63, 3.8) is 0 Å². The molecule has 0 bridgehead atoms. The van der Waals surface area contributed by atoms with E-state index in [-0.39, 0.29) is 5.91 Å². The van der Waals surface area contributed by atoms with E-state index >= 15 is 0 Å². The van der Waals surface area contributed by atoms with Gasteiger partial charge in [0.05, 0.1) is 0 Å². The van der Waals surface area contributed by atoms with Gasteiger partial charge in [-0.1, -0.05) is 12.1 Å². The lowest BCUT2D eigenvalue weighted by Gasteiger charge is -2.21. The van der Waals surface area contributed by atoms with Crippen LogP contribution in [0.25, 0.3) is 0 Å². The minimum atomic E-state index is -1.19. The summed E-state index contributed by atoms with van der Waals surface area (Å²) in [6.45, 7) is 2.72. The minimum absolute atomic E-state index is 0.289. The number of nitrogens with one attached hydrogen (secondary N) is 1. The summed E-state index contributed by atoms with van der Waals surface area (Å²) in [7, 11) is 0. The summed E-state index contributed by atoms with van der Waals surface area (Å²) >= 11 is 0. The maximum absolute atomic E-state index is 12.1. The Morgan fingerprint density at radius 2 is 2.00 bits per heavy atom. The van der Waals surface area contributed by atoms with Gasteiger partial charge in [0.15, 0.2) is 0 Å². The first-order chi connectivity index (χ1) is 10.6. The Labute approximate surface area is 130 Å². The van der Waals surface area contributed by atoms with E-state index in [0.29, 0.717) is 12.8 Å². The minimum Gasteiger partial charge on any atom is -0.380 e. The molecule has 22 heavy (non-hydrogen) atoms. The predicted molar refractivity (Wildman–Crippen MR) is 84.6 cm³/mol. The summed E-state index contributed by atoms with van der Waals surface area (Å²) < 4.78 is 2.06. The van der Waals surface area contributed by atoms with Crippen LogP contribution in [0.15, 0.2) is 36.7 Å². The fraction of sp³-hybridized carbons (Fsp3) is 0.412. The average molecular weight is 299 g/mol. The van der Waals surface area contributed by atoms with Crippen LogP contribution < -0.4 is 5.32 Å². The van der Waals surface area contributed by atoms with Gasteiger partial charge in [-0.2, -0.15) is 0 Å². The van der Waals surface area contributed by atoms with E-state index in [1.54, 1.807) is 6.20 Å². The van der Waals surface area contributed by atoms with Crippen molar-refractivity contribution in [1.29, 1.82) is 0 Å². The Hall–Kier alpha value is -2.14. The van der Waals surface area contributed by atoms with E-state index in [9.17, 15) is 9.90 Å². The van der Waals surface area contributed by atoms with Gasteiger partial charge < -0.3 is 15.0 Å². The number of amides is 1. The highest BCUT2D eigenvalue weighted by Crippen LogP contribution is 2.30. The molecule has 2 N–H and O–H groups in total. The third kappa shape index (κ3) is 3.04. The third-order valence-corrected chi connectivity index (χ3v) is 4.34. The molecular formula is C17H21N3O2. The summed E-state index contributed by atoms with van der Waals surface area (Å²) in [4.78, 5) is 16.3. The maximum Gasteiger partial charge on any atom is 0.256 e. The van der Waals surface area contributed by atoms with Gasteiger partial charge in [-0.05, 0) is 50.3 Å². The van der Waals surface area contributed by atoms with Gasteiger partial charge in [0.2, 0.25) is 0 Å². The van der Waals surface area contributed by atoms with Crippen LogP contribution in [0.4, 0.5) is 5.69 Å². The molecule has 0 saturated heterocycles. The van der Waals surface area contributed by atoms with Gasteiger partial charge >= 0.3 is 0 Å². The number of hydrogen-bond acceptors (Lipinski definition) is 3. The van der Waals surface area contributed by atoms with Crippen molar-refractivity contribution in [2.75, 3.05) is 5.32 Å². The van der Waals surface area contributed by atoms with E-state index in [1.165, 1.54) is 0 Å². The summed E-state index contributed by atoms with van der Waals surface area (Å²) in [5.41, 5.74) is 0.669. The Kier molecular flexibility index (Phi) is 3.98. The first-order valence-electron chi connectivity index (χ1n) is 7.67. The SMILES string of the molecule is Cc1nccn1Cc1ccc(NC(=O)C2(O)CCCC2)cc1. The number of carbonyl (C=O) groups excluding carboxylic acids is 1. The fourth-order valence-electron chi connectivity index (χ4n) is 2.90. The van der Waals surface area contributed by atoms with Gasteiger partial charge in [-0.3, -0.25) is 4.79 Å². The molecule has 1 amide bonds. The van der Waals surface area contributed by atoms with Crippen LogP contribution in [0.5, 0.6) is 0 Å². The van der Waals surface area contributed by atoms with Crippen molar-refractivity contribution < 1.29 is 9.90 Å². The Morgan fingerprint density at radius 3 is 2.59 bits per heavy atom. The first-order valence-corrected chi connectivity index (χ1v) is 7.67. The molecule has 0 aliphatic heterocycles. The normalized spacial score (nSPS) is 16.6. The summed E-state index contributed by atoms with van der Waals surface area (Å²) in [6.07, 6.45) is 6.65. The molecular weight excluding hydrogens is 278 g/mol.